The fourth-order valence-corrected chi connectivity index (χ4v) is 2.93. The minimum atomic E-state index is 0.264. The molecular formula is C15H23NO. The summed E-state index contributed by atoms with van der Waals surface area (Å²) >= 11 is 0. The molecule has 2 rings (SSSR count). The molecule has 0 unspecified atom stereocenters. The SMILES string of the molecule is CC1CCC(CN)(Cc2cccc(O)c2)CC1. The molecule has 0 radical (unpaired) electrons. The van der Waals surface area contributed by atoms with Crippen molar-refractivity contribution < 1.29 is 5.11 Å². The van der Waals surface area contributed by atoms with E-state index in [0.29, 0.717) is 5.75 Å². The first kappa shape index (κ1) is 12.4. The maximum atomic E-state index is 9.51. The summed E-state index contributed by atoms with van der Waals surface area (Å²) in [5.41, 5.74) is 7.48. The molecule has 0 aliphatic heterocycles. The van der Waals surface area contributed by atoms with E-state index in [2.05, 4.69) is 13.0 Å². The van der Waals surface area contributed by atoms with Gasteiger partial charge in [-0.2, -0.15) is 0 Å². The number of benzene rings is 1. The third kappa shape index (κ3) is 3.01. The second-order valence-electron chi connectivity index (χ2n) is 5.73. The van der Waals surface area contributed by atoms with Gasteiger partial charge < -0.3 is 10.8 Å². The lowest BCUT2D eigenvalue weighted by atomic mass is 9.68. The maximum Gasteiger partial charge on any atom is 0.115 e. The van der Waals surface area contributed by atoms with Crippen LogP contribution in [0.5, 0.6) is 5.75 Å². The Labute approximate surface area is 104 Å². The van der Waals surface area contributed by atoms with Crippen molar-refractivity contribution in [2.45, 2.75) is 39.0 Å². The highest BCUT2D eigenvalue weighted by Crippen LogP contribution is 2.40. The average Bonchev–Trinajstić information content (AvgIpc) is 2.33. The van der Waals surface area contributed by atoms with Crippen molar-refractivity contribution in [1.29, 1.82) is 0 Å². The van der Waals surface area contributed by atoms with Crippen LogP contribution in [0.25, 0.3) is 0 Å². The van der Waals surface area contributed by atoms with Crippen molar-refractivity contribution in [3.8, 4) is 5.75 Å². The number of phenols is 1. The minimum Gasteiger partial charge on any atom is -0.508 e. The first-order valence-corrected chi connectivity index (χ1v) is 6.61. The van der Waals surface area contributed by atoms with Gasteiger partial charge in [0.25, 0.3) is 0 Å². The fraction of sp³-hybridized carbons (Fsp3) is 0.600. The lowest BCUT2D eigenvalue weighted by Gasteiger charge is -2.38. The zero-order valence-electron chi connectivity index (χ0n) is 10.7. The molecule has 1 saturated carbocycles. The van der Waals surface area contributed by atoms with Crippen molar-refractivity contribution in [2.24, 2.45) is 17.1 Å². The summed E-state index contributed by atoms with van der Waals surface area (Å²) in [4.78, 5) is 0. The first-order chi connectivity index (χ1) is 8.13. The van der Waals surface area contributed by atoms with Crippen LogP contribution < -0.4 is 5.73 Å². The molecule has 1 aromatic rings. The van der Waals surface area contributed by atoms with Crippen LogP contribution in [0.2, 0.25) is 0 Å². The second-order valence-corrected chi connectivity index (χ2v) is 5.73. The summed E-state index contributed by atoms with van der Waals surface area (Å²) in [7, 11) is 0. The molecule has 1 aliphatic rings. The molecule has 2 heteroatoms. The molecule has 1 aromatic carbocycles. The van der Waals surface area contributed by atoms with Gasteiger partial charge in [0, 0.05) is 0 Å². The Hall–Kier alpha value is -1.02. The highest BCUT2D eigenvalue weighted by molar-refractivity contribution is 5.28. The predicted molar refractivity (Wildman–Crippen MR) is 70.9 cm³/mol. The van der Waals surface area contributed by atoms with Gasteiger partial charge in [-0.3, -0.25) is 0 Å². The third-order valence-electron chi connectivity index (χ3n) is 4.26. The molecule has 1 fully saturated rings. The lowest BCUT2D eigenvalue weighted by Crippen LogP contribution is -2.36. The van der Waals surface area contributed by atoms with Gasteiger partial charge in [0.2, 0.25) is 0 Å². The van der Waals surface area contributed by atoms with Crippen LogP contribution in [-0.4, -0.2) is 11.7 Å². The van der Waals surface area contributed by atoms with E-state index in [1.165, 1.54) is 31.2 Å². The molecule has 0 heterocycles. The highest BCUT2D eigenvalue weighted by atomic mass is 16.3. The average molecular weight is 233 g/mol. The molecule has 0 amide bonds. The molecule has 0 bridgehead atoms. The number of nitrogens with two attached hydrogens (primary N) is 1. The van der Waals surface area contributed by atoms with E-state index >= 15 is 0 Å². The van der Waals surface area contributed by atoms with Crippen LogP contribution in [0.1, 0.15) is 38.2 Å². The molecule has 0 saturated heterocycles. The molecule has 3 N–H and O–H groups in total. The molecular weight excluding hydrogens is 210 g/mol. The maximum absolute atomic E-state index is 9.51. The number of hydrogen-bond donors (Lipinski definition) is 2. The van der Waals surface area contributed by atoms with Gasteiger partial charge in [-0.15, -0.1) is 0 Å². The van der Waals surface area contributed by atoms with Crippen molar-refractivity contribution in [3.63, 3.8) is 0 Å². The Morgan fingerprint density at radius 2 is 2.06 bits per heavy atom. The van der Waals surface area contributed by atoms with Crippen molar-refractivity contribution in [3.05, 3.63) is 29.8 Å². The van der Waals surface area contributed by atoms with Gasteiger partial charge in [-0.25, -0.2) is 0 Å². The Morgan fingerprint density at radius 1 is 1.35 bits per heavy atom. The van der Waals surface area contributed by atoms with Crippen LogP contribution in [0, 0.1) is 11.3 Å². The smallest absolute Gasteiger partial charge is 0.115 e. The summed E-state index contributed by atoms with van der Waals surface area (Å²) in [5.74, 6) is 1.21. The van der Waals surface area contributed by atoms with Crippen LogP contribution in [0.15, 0.2) is 24.3 Å². The van der Waals surface area contributed by atoms with Gasteiger partial charge in [-0.1, -0.05) is 31.9 Å². The van der Waals surface area contributed by atoms with Crippen molar-refractivity contribution >= 4 is 0 Å². The predicted octanol–water partition coefficient (Wildman–Crippen LogP) is 3.09. The van der Waals surface area contributed by atoms with E-state index < -0.39 is 0 Å². The molecule has 17 heavy (non-hydrogen) atoms. The molecule has 0 aromatic heterocycles. The largest absolute Gasteiger partial charge is 0.508 e. The van der Waals surface area contributed by atoms with Crippen LogP contribution in [-0.2, 0) is 6.42 Å². The van der Waals surface area contributed by atoms with Gasteiger partial charge in [0.05, 0.1) is 0 Å². The third-order valence-corrected chi connectivity index (χ3v) is 4.26. The van der Waals surface area contributed by atoms with Crippen LogP contribution in [0.3, 0.4) is 0 Å². The lowest BCUT2D eigenvalue weighted by molar-refractivity contribution is 0.163. The van der Waals surface area contributed by atoms with E-state index in [-0.39, 0.29) is 5.41 Å². The molecule has 1 aliphatic carbocycles. The van der Waals surface area contributed by atoms with E-state index in [4.69, 9.17) is 5.73 Å². The van der Waals surface area contributed by atoms with Crippen molar-refractivity contribution in [1.82, 2.24) is 0 Å². The summed E-state index contributed by atoms with van der Waals surface area (Å²) < 4.78 is 0. The van der Waals surface area contributed by atoms with Crippen LogP contribution in [0.4, 0.5) is 0 Å². The van der Waals surface area contributed by atoms with Crippen LogP contribution >= 0.6 is 0 Å². The molecule has 0 spiro atoms. The van der Waals surface area contributed by atoms with Gasteiger partial charge >= 0.3 is 0 Å². The Balaban J connectivity index is 2.09. The highest BCUT2D eigenvalue weighted by Gasteiger charge is 2.32. The summed E-state index contributed by atoms with van der Waals surface area (Å²) in [6, 6.07) is 7.60. The number of hydrogen-bond acceptors (Lipinski definition) is 2. The quantitative estimate of drug-likeness (QED) is 0.842. The van der Waals surface area contributed by atoms with E-state index in [0.717, 1.165) is 18.9 Å². The Kier molecular flexibility index (Phi) is 3.72. The normalized spacial score (nSPS) is 29.2. The van der Waals surface area contributed by atoms with Crippen molar-refractivity contribution in [2.75, 3.05) is 6.54 Å². The van der Waals surface area contributed by atoms with Gasteiger partial charge in [0.15, 0.2) is 0 Å². The zero-order valence-corrected chi connectivity index (χ0v) is 10.7. The monoisotopic (exact) mass is 233 g/mol. The standard InChI is InChI=1S/C15H23NO/c1-12-5-7-15(11-16,8-6-12)10-13-3-2-4-14(17)9-13/h2-4,9,12,17H,5-8,10-11,16H2,1H3. The zero-order chi connectivity index (χ0) is 12.3. The van der Waals surface area contributed by atoms with E-state index in [1.54, 1.807) is 6.07 Å². The van der Waals surface area contributed by atoms with Gasteiger partial charge in [-0.05, 0) is 54.8 Å². The Morgan fingerprint density at radius 3 is 2.65 bits per heavy atom. The minimum absolute atomic E-state index is 0.264. The number of phenolic OH excluding ortho intramolecular Hbond substituents is 1. The topological polar surface area (TPSA) is 46.2 Å². The molecule has 94 valence electrons. The summed E-state index contributed by atoms with van der Waals surface area (Å²) in [6.45, 7) is 3.09. The van der Waals surface area contributed by atoms with E-state index in [1.807, 2.05) is 12.1 Å². The summed E-state index contributed by atoms with van der Waals surface area (Å²) in [6.07, 6.45) is 6.03. The molecule has 0 atom stereocenters. The fourth-order valence-electron chi connectivity index (χ4n) is 2.93. The second kappa shape index (κ2) is 5.09. The first-order valence-electron chi connectivity index (χ1n) is 6.61. The number of rotatable bonds is 3. The van der Waals surface area contributed by atoms with E-state index in [9.17, 15) is 5.11 Å². The van der Waals surface area contributed by atoms with Gasteiger partial charge in [0.1, 0.15) is 5.75 Å². The molecule has 2 nitrogen and oxygen atoms in total. The summed E-state index contributed by atoms with van der Waals surface area (Å²) in [5, 5.41) is 9.51. The Bertz CT molecular complexity index is 367. The number of aromatic hydroxyl groups is 1.